The zero-order valence-corrected chi connectivity index (χ0v) is 40.1. The van der Waals surface area contributed by atoms with Crippen LogP contribution in [0.4, 0.5) is 0 Å². The van der Waals surface area contributed by atoms with Crippen LogP contribution in [-0.4, -0.2) is 75.5 Å². The number of hydrogen-bond donors (Lipinski definition) is 0. The number of esters is 2. The van der Waals surface area contributed by atoms with Gasteiger partial charge in [-0.1, -0.05) is 177 Å². The molecule has 2 atom stereocenters. The van der Waals surface area contributed by atoms with Crippen molar-refractivity contribution in [2.75, 3.05) is 41.0 Å². The lowest BCUT2D eigenvalue weighted by molar-refractivity contribution is -0.889. The molecule has 8 heteroatoms. The lowest BCUT2D eigenvalue weighted by Crippen LogP contribution is -2.55. The molecule has 0 aliphatic rings. The third kappa shape index (κ3) is 42.1. The topological polar surface area (TPSA) is 102 Å². The Bertz CT molecular complexity index is 1180. The monoisotopic (exact) mass is 856 g/mol. The minimum absolute atomic E-state index is 0.0312. The Labute approximate surface area is 375 Å². The summed E-state index contributed by atoms with van der Waals surface area (Å²) >= 11 is 0. The molecule has 0 saturated heterocycles. The van der Waals surface area contributed by atoms with Gasteiger partial charge < -0.3 is 28.6 Å². The van der Waals surface area contributed by atoms with Gasteiger partial charge in [0.15, 0.2) is 6.10 Å². The van der Waals surface area contributed by atoms with Crippen molar-refractivity contribution in [1.82, 2.24) is 0 Å². The van der Waals surface area contributed by atoms with Gasteiger partial charge in [0.05, 0.1) is 40.3 Å². The molecule has 0 rings (SSSR count). The Hall–Kier alpha value is -2.97. The SMILES string of the molecule is CC/C=C/C/C=C/C/C=C/CCCCCCCCCCCC(=O)OCC(COCCC(C(=O)[O-])[N+](C)(C)C)OC(=O)CCCCCCC/C=C/C=C/CCCCCCCCC. The fourth-order valence-electron chi connectivity index (χ4n) is 7.08. The molecule has 0 heterocycles. The maximum Gasteiger partial charge on any atom is 0.306 e. The van der Waals surface area contributed by atoms with Crippen LogP contribution in [0.25, 0.3) is 0 Å². The van der Waals surface area contributed by atoms with Crippen LogP contribution in [0, 0.1) is 0 Å². The Morgan fingerprint density at radius 3 is 1.46 bits per heavy atom. The number of carbonyl (C=O) groups is 3. The second-order valence-electron chi connectivity index (χ2n) is 17.7. The van der Waals surface area contributed by atoms with Gasteiger partial charge in [-0.25, -0.2) is 0 Å². The normalized spacial score (nSPS) is 13.4. The number of allylic oxidation sites excluding steroid dienone is 10. The van der Waals surface area contributed by atoms with Crippen LogP contribution in [0.2, 0.25) is 0 Å². The number of quaternary nitrogens is 1. The molecule has 0 saturated carbocycles. The van der Waals surface area contributed by atoms with Crippen LogP contribution < -0.4 is 5.11 Å². The van der Waals surface area contributed by atoms with Crippen molar-refractivity contribution in [2.45, 2.75) is 219 Å². The molecular weight excluding hydrogens is 763 g/mol. The summed E-state index contributed by atoms with van der Waals surface area (Å²) in [4.78, 5) is 37.0. The van der Waals surface area contributed by atoms with Crippen molar-refractivity contribution < 1.29 is 38.2 Å². The zero-order chi connectivity index (χ0) is 44.9. The average Bonchev–Trinajstić information content (AvgIpc) is 3.22. The number of unbranched alkanes of at least 4 members (excludes halogenated alkanes) is 21. The number of hydrogen-bond acceptors (Lipinski definition) is 7. The van der Waals surface area contributed by atoms with Gasteiger partial charge >= 0.3 is 11.9 Å². The first kappa shape index (κ1) is 58.0. The summed E-state index contributed by atoms with van der Waals surface area (Å²) in [5, 5.41) is 11.7. The van der Waals surface area contributed by atoms with Crippen molar-refractivity contribution in [3.8, 4) is 0 Å². The first-order chi connectivity index (χ1) is 29.6. The number of carboxylic acid groups (broad SMARTS) is 1. The molecule has 0 aromatic rings. The van der Waals surface area contributed by atoms with E-state index in [0.29, 0.717) is 12.8 Å². The maximum absolute atomic E-state index is 12.8. The standard InChI is InChI=1S/C53H93NO7/c1-6-8-10-12-14-16-18-20-22-24-26-28-29-31-33-35-37-39-41-43-51(55)60-48-49(47-59-46-45-50(53(57)58)54(3,4)5)61-52(56)44-42-40-38-36-34-32-30-27-25-23-21-19-17-15-13-11-9-7-2/h8,10,14,16,20,22-23,25,27,30,49-50H,6-7,9,11-13,15,17-19,21,24,26,28-29,31-48H2,1-5H3/b10-8+,16-14+,22-20+,25-23+,30-27+. The minimum Gasteiger partial charge on any atom is -0.544 e. The zero-order valence-electron chi connectivity index (χ0n) is 40.1. The Balaban J connectivity index is 4.31. The number of likely N-dealkylation sites (N-methyl/N-ethyl adjacent to an activating group) is 1. The van der Waals surface area contributed by atoms with Crippen molar-refractivity contribution in [3.05, 3.63) is 60.8 Å². The quantitative estimate of drug-likeness (QED) is 0.0198. The Kier molecular flexibility index (Phi) is 41.5. The second-order valence-corrected chi connectivity index (χ2v) is 17.7. The summed E-state index contributed by atoms with van der Waals surface area (Å²) in [6.07, 6.45) is 53.9. The number of nitrogens with zero attached hydrogens (tertiary/aromatic N) is 1. The van der Waals surface area contributed by atoms with Crippen molar-refractivity contribution >= 4 is 17.9 Å². The fourth-order valence-corrected chi connectivity index (χ4v) is 7.08. The van der Waals surface area contributed by atoms with Crippen molar-refractivity contribution in [1.29, 1.82) is 0 Å². The molecule has 0 aliphatic heterocycles. The predicted molar refractivity (Wildman–Crippen MR) is 254 cm³/mol. The summed E-state index contributed by atoms with van der Waals surface area (Å²) in [5.41, 5.74) is 0. The predicted octanol–water partition coefficient (Wildman–Crippen LogP) is 12.8. The molecule has 2 unspecified atom stereocenters. The molecule has 0 bridgehead atoms. The highest BCUT2D eigenvalue weighted by Gasteiger charge is 2.25. The van der Waals surface area contributed by atoms with Crippen LogP contribution in [-0.2, 0) is 28.6 Å². The van der Waals surface area contributed by atoms with Gasteiger partial charge in [0.1, 0.15) is 12.6 Å². The first-order valence-electron chi connectivity index (χ1n) is 24.8. The highest BCUT2D eigenvalue weighted by molar-refractivity contribution is 5.70. The largest absolute Gasteiger partial charge is 0.544 e. The van der Waals surface area contributed by atoms with Gasteiger partial charge in [0, 0.05) is 19.3 Å². The highest BCUT2D eigenvalue weighted by Crippen LogP contribution is 2.14. The van der Waals surface area contributed by atoms with Gasteiger partial charge in [0.2, 0.25) is 0 Å². The summed E-state index contributed by atoms with van der Waals surface area (Å²) in [6.45, 7) is 4.54. The molecule has 8 nitrogen and oxygen atoms in total. The molecule has 0 fully saturated rings. The smallest absolute Gasteiger partial charge is 0.306 e. The molecule has 0 aliphatic carbocycles. The lowest BCUT2D eigenvalue weighted by Gasteiger charge is -2.34. The number of rotatable bonds is 44. The number of ether oxygens (including phenoxy) is 3. The van der Waals surface area contributed by atoms with Crippen LogP contribution in [0.1, 0.15) is 206 Å². The third-order valence-corrected chi connectivity index (χ3v) is 10.9. The second kappa shape index (κ2) is 43.7. The molecular formula is C53H93NO7. The molecule has 0 radical (unpaired) electrons. The van der Waals surface area contributed by atoms with E-state index in [1.54, 1.807) is 21.1 Å². The van der Waals surface area contributed by atoms with Crippen molar-refractivity contribution in [3.63, 3.8) is 0 Å². The van der Waals surface area contributed by atoms with Gasteiger partial charge in [-0.15, -0.1) is 0 Å². The van der Waals surface area contributed by atoms with E-state index in [4.69, 9.17) is 14.2 Å². The maximum atomic E-state index is 12.8. The van der Waals surface area contributed by atoms with E-state index in [2.05, 4.69) is 74.6 Å². The van der Waals surface area contributed by atoms with Gasteiger partial charge in [-0.2, -0.15) is 0 Å². The minimum atomic E-state index is -1.13. The van der Waals surface area contributed by atoms with E-state index in [1.165, 1.54) is 89.9 Å². The molecule has 352 valence electrons. The molecule has 0 spiro atoms. The fraction of sp³-hybridized carbons (Fsp3) is 0.755. The Morgan fingerprint density at radius 1 is 0.525 bits per heavy atom. The molecule has 61 heavy (non-hydrogen) atoms. The number of carbonyl (C=O) groups excluding carboxylic acids is 3. The molecule has 0 aromatic heterocycles. The third-order valence-electron chi connectivity index (χ3n) is 10.9. The first-order valence-corrected chi connectivity index (χ1v) is 24.8. The van der Waals surface area contributed by atoms with Crippen LogP contribution in [0.15, 0.2) is 60.8 Å². The van der Waals surface area contributed by atoms with Crippen molar-refractivity contribution in [2.24, 2.45) is 0 Å². The highest BCUT2D eigenvalue weighted by atomic mass is 16.6. The van der Waals surface area contributed by atoms with Crippen LogP contribution >= 0.6 is 0 Å². The van der Waals surface area contributed by atoms with E-state index < -0.39 is 18.1 Å². The summed E-state index contributed by atoms with van der Waals surface area (Å²) in [6, 6.07) is -0.732. The number of carboxylic acids is 1. The van der Waals surface area contributed by atoms with E-state index in [0.717, 1.165) is 83.5 Å². The van der Waals surface area contributed by atoms with E-state index in [1.807, 2.05) is 0 Å². The van der Waals surface area contributed by atoms with Gasteiger partial charge in [-0.3, -0.25) is 9.59 Å². The Morgan fingerprint density at radius 2 is 0.967 bits per heavy atom. The number of aliphatic carboxylic acids is 1. The van der Waals surface area contributed by atoms with E-state index in [9.17, 15) is 19.5 Å². The molecule has 0 N–H and O–H groups in total. The summed E-state index contributed by atoms with van der Waals surface area (Å²) < 4.78 is 17.2. The van der Waals surface area contributed by atoms with Crippen LogP contribution in [0.5, 0.6) is 0 Å². The van der Waals surface area contributed by atoms with E-state index in [-0.39, 0.29) is 42.7 Å². The summed E-state index contributed by atoms with van der Waals surface area (Å²) in [7, 11) is 5.40. The van der Waals surface area contributed by atoms with E-state index >= 15 is 0 Å². The van der Waals surface area contributed by atoms with Gasteiger partial charge in [-0.05, 0) is 70.6 Å². The van der Waals surface area contributed by atoms with Crippen LogP contribution in [0.3, 0.4) is 0 Å². The van der Waals surface area contributed by atoms with Gasteiger partial charge in [0.25, 0.3) is 0 Å². The average molecular weight is 856 g/mol. The lowest BCUT2D eigenvalue weighted by atomic mass is 10.1. The molecule has 0 amide bonds. The molecule has 0 aromatic carbocycles. The summed E-state index contributed by atoms with van der Waals surface area (Å²) in [5.74, 6) is -1.76.